The molecule has 4 heteroatoms. The third-order valence-corrected chi connectivity index (χ3v) is 2.79. The molecule has 1 rings (SSSR count). The summed E-state index contributed by atoms with van der Waals surface area (Å²) in [5.74, 6) is -0.104. The molecule has 0 saturated heterocycles. The first-order valence-electron chi connectivity index (χ1n) is 6.15. The second-order valence-electron chi connectivity index (χ2n) is 4.90. The molecule has 0 spiro atoms. The molecule has 1 atom stereocenters. The predicted octanol–water partition coefficient (Wildman–Crippen LogP) is 1.56. The highest BCUT2D eigenvalue weighted by atomic mass is 16.3. The topological polar surface area (TPSA) is 52.6 Å². The predicted molar refractivity (Wildman–Crippen MR) is 73.6 cm³/mol. The zero-order valence-corrected chi connectivity index (χ0v) is 11.5. The number of carbonyl (C=O) groups is 1. The van der Waals surface area contributed by atoms with Crippen LogP contribution in [-0.4, -0.2) is 31.7 Å². The Bertz CT molecular complexity index is 385. The Kier molecular flexibility index (Phi) is 5.16. The molecule has 0 heterocycles. The van der Waals surface area contributed by atoms with E-state index in [-0.39, 0.29) is 18.4 Å². The van der Waals surface area contributed by atoms with Crippen LogP contribution in [0.15, 0.2) is 24.3 Å². The van der Waals surface area contributed by atoms with E-state index in [0.717, 1.165) is 11.3 Å². The molecule has 0 radical (unpaired) electrons. The molecule has 0 fully saturated rings. The standard InChI is InChI=1S/C14H22N2O2/c1-10(2)14(18)15-9-13(17)11-5-7-12(8-6-11)16(3)4/h5-8,10,13,17H,9H2,1-4H3,(H,15,18). The highest BCUT2D eigenvalue weighted by Gasteiger charge is 2.11. The van der Waals surface area contributed by atoms with Crippen LogP contribution in [0.2, 0.25) is 0 Å². The molecule has 100 valence electrons. The van der Waals surface area contributed by atoms with E-state index in [4.69, 9.17) is 0 Å². The van der Waals surface area contributed by atoms with Gasteiger partial charge in [0.15, 0.2) is 0 Å². The van der Waals surface area contributed by atoms with Crippen molar-refractivity contribution < 1.29 is 9.90 Å². The van der Waals surface area contributed by atoms with Crippen molar-refractivity contribution in [2.75, 3.05) is 25.5 Å². The number of aliphatic hydroxyl groups excluding tert-OH is 1. The molecule has 4 nitrogen and oxygen atoms in total. The summed E-state index contributed by atoms with van der Waals surface area (Å²) in [6, 6.07) is 7.65. The maximum absolute atomic E-state index is 11.4. The van der Waals surface area contributed by atoms with E-state index in [1.807, 2.05) is 57.1 Å². The third kappa shape index (κ3) is 4.04. The Labute approximate surface area is 109 Å². The van der Waals surface area contributed by atoms with E-state index in [1.54, 1.807) is 0 Å². The lowest BCUT2D eigenvalue weighted by Crippen LogP contribution is -2.31. The molecule has 1 aromatic rings. The first kappa shape index (κ1) is 14.5. The minimum absolute atomic E-state index is 0.0426. The Morgan fingerprint density at radius 2 is 1.83 bits per heavy atom. The zero-order valence-electron chi connectivity index (χ0n) is 11.5. The van der Waals surface area contributed by atoms with Gasteiger partial charge in [0, 0.05) is 32.2 Å². The van der Waals surface area contributed by atoms with Gasteiger partial charge in [-0.3, -0.25) is 4.79 Å². The van der Waals surface area contributed by atoms with Crippen LogP contribution in [0.3, 0.4) is 0 Å². The molecule has 0 aromatic heterocycles. The number of hydrogen-bond donors (Lipinski definition) is 2. The Morgan fingerprint density at radius 3 is 2.28 bits per heavy atom. The number of nitrogens with one attached hydrogen (secondary N) is 1. The lowest BCUT2D eigenvalue weighted by Gasteiger charge is -2.16. The Balaban J connectivity index is 2.56. The summed E-state index contributed by atoms with van der Waals surface area (Å²) < 4.78 is 0. The third-order valence-electron chi connectivity index (χ3n) is 2.79. The first-order valence-corrected chi connectivity index (χ1v) is 6.15. The number of benzene rings is 1. The van der Waals surface area contributed by atoms with Gasteiger partial charge >= 0.3 is 0 Å². The highest BCUT2D eigenvalue weighted by molar-refractivity contribution is 5.77. The fourth-order valence-electron chi connectivity index (χ4n) is 1.51. The van der Waals surface area contributed by atoms with Crippen LogP contribution < -0.4 is 10.2 Å². The van der Waals surface area contributed by atoms with Gasteiger partial charge in [-0.15, -0.1) is 0 Å². The molecule has 18 heavy (non-hydrogen) atoms. The fourth-order valence-corrected chi connectivity index (χ4v) is 1.51. The van der Waals surface area contributed by atoms with Gasteiger partial charge in [0.05, 0.1) is 6.10 Å². The maximum atomic E-state index is 11.4. The van der Waals surface area contributed by atoms with Crippen molar-refractivity contribution in [3.05, 3.63) is 29.8 Å². The van der Waals surface area contributed by atoms with Crippen molar-refractivity contribution in [3.63, 3.8) is 0 Å². The van der Waals surface area contributed by atoms with Crippen LogP contribution in [0.1, 0.15) is 25.5 Å². The molecule has 0 aliphatic heterocycles. The van der Waals surface area contributed by atoms with E-state index in [9.17, 15) is 9.90 Å². The summed E-state index contributed by atoms with van der Waals surface area (Å²) >= 11 is 0. The van der Waals surface area contributed by atoms with Gasteiger partial charge in [0.25, 0.3) is 0 Å². The Hall–Kier alpha value is -1.55. The van der Waals surface area contributed by atoms with Crippen LogP contribution >= 0.6 is 0 Å². The van der Waals surface area contributed by atoms with Gasteiger partial charge in [-0.25, -0.2) is 0 Å². The van der Waals surface area contributed by atoms with Gasteiger partial charge in [-0.05, 0) is 17.7 Å². The minimum Gasteiger partial charge on any atom is -0.387 e. The smallest absolute Gasteiger partial charge is 0.222 e. The van der Waals surface area contributed by atoms with Gasteiger partial charge in [0.2, 0.25) is 5.91 Å². The summed E-state index contributed by atoms with van der Waals surface area (Å²) in [5, 5.41) is 12.7. The van der Waals surface area contributed by atoms with Crippen molar-refractivity contribution >= 4 is 11.6 Å². The molecule has 0 bridgehead atoms. The second-order valence-corrected chi connectivity index (χ2v) is 4.90. The monoisotopic (exact) mass is 250 g/mol. The molecular formula is C14H22N2O2. The molecule has 1 unspecified atom stereocenters. The zero-order chi connectivity index (χ0) is 13.7. The highest BCUT2D eigenvalue weighted by Crippen LogP contribution is 2.17. The van der Waals surface area contributed by atoms with Crippen molar-refractivity contribution in [1.82, 2.24) is 5.32 Å². The van der Waals surface area contributed by atoms with Gasteiger partial charge in [0.1, 0.15) is 0 Å². The summed E-state index contributed by atoms with van der Waals surface area (Å²) in [4.78, 5) is 13.4. The van der Waals surface area contributed by atoms with E-state index in [0.29, 0.717) is 0 Å². The van der Waals surface area contributed by atoms with E-state index in [2.05, 4.69) is 5.32 Å². The molecule has 2 N–H and O–H groups in total. The summed E-state index contributed by atoms with van der Waals surface area (Å²) in [5.41, 5.74) is 1.89. The van der Waals surface area contributed by atoms with Gasteiger partial charge < -0.3 is 15.3 Å². The number of aliphatic hydroxyl groups is 1. The van der Waals surface area contributed by atoms with Gasteiger partial charge in [-0.2, -0.15) is 0 Å². The van der Waals surface area contributed by atoms with Crippen LogP contribution in [0.5, 0.6) is 0 Å². The number of anilines is 1. The molecule has 1 amide bonds. The Morgan fingerprint density at radius 1 is 1.28 bits per heavy atom. The average molecular weight is 250 g/mol. The average Bonchev–Trinajstić information content (AvgIpc) is 2.35. The van der Waals surface area contributed by atoms with Crippen molar-refractivity contribution in [1.29, 1.82) is 0 Å². The van der Waals surface area contributed by atoms with Crippen molar-refractivity contribution in [2.24, 2.45) is 5.92 Å². The number of rotatable bonds is 5. The summed E-state index contributed by atoms with van der Waals surface area (Å²) in [7, 11) is 3.93. The first-order chi connectivity index (χ1) is 8.41. The number of carbonyl (C=O) groups excluding carboxylic acids is 1. The molecule has 0 aliphatic carbocycles. The number of nitrogens with zero attached hydrogens (tertiary/aromatic N) is 1. The fraction of sp³-hybridized carbons (Fsp3) is 0.500. The molecule has 1 aromatic carbocycles. The minimum atomic E-state index is -0.663. The van der Waals surface area contributed by atoms with E-state index >= 15 is 0 Å². The number of hydrogen-bond acceptors (Lipinski definition) is 3. The quantitative estimate of drug-likeness (QED) is 0.834. The lowest BCUT2D eigenvalue weighted by atomic mass is 10.1. The lowest BCUT2D eigenvalue weighted by molar-refractivity contribution is -0.124. The molecule has 0 saturated carbocycles. The van der Waals surface area contributed by atoms with Crippen LogP contribution in [0.4, 0.5) is 5.69 Å². The van der Waals surface area contributed by atoms with Gasteiger partial charge in [-0.1, -0.05) is 26.0 Å². The van der Waals surface area contributed by atoms with Crippen LogP contribution in [-0.2, 0) is 4.79 Å². The second kappa shape index (κ2) is 6.40. The summed E-state index contributed by atoms with van der Waals surface area (Å²) in [6.07, 6.45) is -0.663. The van der Waals surface area contributed by atoms with Crippen LogP contribution in [0.25, 0.3) is 0 Å². The SMILES string of the molecule is CC(C)C(=O)NCC(O)c1ccc(N(C)C)cc1. The maximum Gasteiger partial charge on any atom is 0.222 e. The van der Waals surface area contributed by atoms with E-state index in [1.165, 1.54) is 0 Å². The van der Waals surface area contributed by atoms with E-state index < -0.39 is 6.10 Å². The van der Waals surface area contributed by atoms with Crippen LogP contribution in [0, 0.1) is 5.92 Å². The normalized spacial score (nSPS) is 12.3. The summed E-state index contributed by atoms with van der Waals surface area (Å²) in [6.45, 7) is 3.90. The molecular weight excluding hydrogens is 228 g/mol. The van der Waals surface area contributed by atoms with Crippen molar-refractivity contribution in [3.8, 4) is 0 Å². The largest absolute Gasteiger partial charge is 0.387 e. The molecule has 0 aliphatic rings. The number of amides is 1. The van der Waals surface area contributed by atoms with Crippen molar-refractivity contribution in [2.45, 2.75) is 20.0 Å².